The Labute approximate surface area is 140 Å². The lowest BCUT2D eigenvalue weighted by molar-refractivity contribution is 0.0946. The maximum atomic E-state index is 12.2. The fourth-order valence-electron chi connectivity index (χ4n) is 2.11. The summed E-state index contributed by atoms with van der Waals surface area (Å²) in [5, 5.41) is 5.98. The summed E-state index contributed by atoms with van der Waals surface area (Å²) < 4.78 is 0. The fraction of sp³-hybridized carbons (Fsp3) is 0.111. The first-order valence-electron chi connectivity index (χ1n) is 7.53. The minimum atomic E-state index is -0.256. The summed E-state index contributed by atoms with van der Waals surface area (Å²) in [7, 11) is 0. The van der Waals surface area contributed by atoms with E-state index >= 15 is 0 Å². The Hall–Kier alpha value is -3.28. The van der Waals surface area contributed by atoms with E-state index in [9.17, 15) is 4.79 Å². The molecule has 0 aliphatic rings. The Morgan fingerprint density at radius 1 is 1.12 bits per heavy atom. The highest BCUT2D eigenvalue weighted by Crippen LogP contribution is 2.15. The number of rotatable bonds is 5. The van der Waals surface area contributed by atoms with Crippen LogP contribution in [0.3, 0.4) is 0 Å². The summed E-state index contributed by atoms with van der Waals surface area (Å²) in [4.78, 5) is 24.4. The Kier molecular flexibility index (Phi) is 4.76. The highest BCUT2D eigenvalue weighted by molar-refractivity contribution is 5.92. The van der Waals surface area contributed by atoms with Gasteiger partial charge in [-0.3, -0.25) is 9.78 Å². The molecule has 6 heteroatoms. The number of nitrogens with zero attached hydrogens (tertiary/aromatic N) is 3. The van der Waals surface area contributed by atoms with Crippen molar-refractivity contribution in [2.75, 3.05) is 5.32 Å². The zero-order valence-electron chi connectivity index (χ0n) is 13.2. The van der Waals surface area contributed by atoms with Crippen LogP contribution in [0, 0.1) is 6.92 Å². The van der Waals surface area contributed by atoms with E-state index in [2.05, 4.69) is 25.6 Å². The second-order valence-electron chi connectivity index (χ2n) is 5.32. The van der Waals surface area contributed by atoms with Crippen molar-refractivity contribution in [3.05, 3.63) is 78.0 Å². The lowest BCUT2D eigenvalue weighted by Crippen LogP contribution is -2.24. The molecule has 2 aromatic heterocycles. The Bertz CT molecular complexity index is 818. The maximum Gasteiger partial charge on any atom is 0.270 e. The van der Waals surface area contributed by atoms with Crippen LogP contribution in [0.2, 0.25) is 0 Å². The van der Waals surface area contributed by atoms with Gasteiger partial charge in [-0.05, 0) is 30.7 Å². The molecular formula is C18H17N5O. The zero-order valence-corrected chi connectivity index (χ0v) is 13.2. The van der Waals surface area contributed by atoms with Gasteiger partial charge in [0.15, 0.2) is 0 Å². The van der Waals surface area contributed by atoms with Gasteiger partial charge in [-0.1, -0.05) is 23.8 Å². The van der Waals surface area contributed by atoms with Gasteiger partial charge in [0.2, 0.25) is 0 Å². The molecule has 0 spiro atoms. The first-order chi connectivity index (χ1) is 11.7. The topological polar surface area (TPSA) is 79.8 Å². The van der Waals surface area contributed by atoms with Crippen molar-refractivity contribution in [1.29, 1.82) is 0 Å². The standard InChI is InChI=1S/C18H17N5O/c1-13-4-6-15(7-5-13)23-17-9-16(21-12-22-17)18(24)20-11-14-3-2-8-19-10-14/h2-10,12H,11H2,1H3,(H,20,24)(H,21,22,23). The van der Waals surface area contributed by atoms with Crippen molar-refractivity contribution in [3.63, 3.8) is 0 Å². The molecule has 0 atom stereocenters. The Morgan fingerprint density at radius 2 is 1.96 bits per heavy atom. The van der Waals surface area contributed by atoms with Gasteiger partial charge in [-0.2, -0.15) is 0 Å². The van der Waals surface area contributed by atoms with E-state index in [0.29, 0.717) is 18.1 Å². The predicted molar refractivity (Wildman–Crippen MR) is 91.9 cm³/mol. The zero-order chi connectivity index (χ0) is 16.8. The fourth-order valence-corrected chi connectivity index (χ4v) is 2.11. The minimum absolute atomic E-state index is 0.256. The average molecular weight is 319 g/mol. The number of benzene rings is 1. The lowest BCUT2D eigenvalue weighted by atomic mass is 10.2. The second kappa shape index (κ2) is 7.32. The molecule has 1 amide bonds. The van der Waals surface area contributed by atoms with Crippen molar-refractivity contribution in [1.82, 2.24) is 20.3 Å². The summed E-state index contributed by atoms with van der Waals surface area (Å²) in [6.45, 7) is 2.43. The molecule has 0 radical (unpaired) electrons. The molecule has 1 aromatic carbocycles. The predicted octanol–water partition coefficient (Wildman–Crippen LogP) is 2.85. The minimum Gasteiger partial charge on any atom is -0.347 e. The first-order valence-corrected chi connectivity index (χ1v) is 7.53. The number of aryl methyl sites for hydroxylation is 1. The molecule has 0 unspecified atom stereocenters. The largest absolute Gasteiger partial charge is 0.347 e. The number of hydrogen-bond acceptors (Lipinski definition) is 5. The van der Waals surface area contributed by atoms with Gasteiger partial charge >= 0.3 is 0 Å². The van der Waals surface area contributed by atoms with Crippen molar-refractivity contribution >= 4 is 17.4 Å². The van der Waals surface area contributed by atoms with Crippen molar-refractivity contribution in [3.8, 4) is 0 Å². The number of amides is 1. The van der Waals surface area contributed by atoms with Gasteiger partial charge in [0.25, 0.3) is 5.91 Å². The third-order valence-electron chi connectivity index (χ3n) is 3.40. The smallest absolute Gasteiger partial charge is 0.270 e. The second-order valence-corrected chi connectivity index (χ2v) is 5.32. The normalized spacial score (nSPS) is 10.2. The van der Waals surface area contributed by atoms with Crippen LogP contribution in [-0.2, 0) is 6.54 Å². The van der Waals surface area contributed by atoms with E-state index in [0.717, 1.165) is 11.3 Å². The van der Waals surface area contributed by atoms with Gasteiger partial charge in [-0.25, -0.2) is 9.97 Å². The third-order valence-corrected chi connectivity index (χ3v) is 3.40. The molecule has 0 saturated heterocycles. The van der Waals surface area contributed by atoms with E-state index < -0.39 is 0 Å². The van der Waals surface area contributed by atoms with Gasteiger partial charge in [0.05, 0.1) is 0 Å². The number of carbonyl (C=O) groups excluding carboxylic acids is 1. The molecule has 120 valence electrons. The molecule has 2 heterocycles. The van der Waals surface area contributed by atoms with E-state index in [4.69, 9.17) is 0 Å². The van der Waals surface area contributed by atoms with Gasteiger partial charge < -0.3 is 10.6 Å². The van der Waals surface area contributed by atoms with E-state index in [1.54, 1.807) is 18.5 Å². The van der Waals surface area contributed by atoms with Crippen molar-refractivity contribution in [2.24, 2.45) is 0 Å². The number of pyridine rings is 1. The molecule has 2 N–H and O–H groups in total. The van der Waals surface area contributed by atoms with Crippen LogP contribution >= 0.6 is 0 Å². The van der Waals surface area contributed by atoms with Gasteiger partial charge in [0, 0.05) is 30.7 Å². The molecule has 0 saturated carbocycles. The maximum absolute atomic E-state index is 12.2. The summed E-state index contributed by atoms with van der Waals surface area (Å²) >= 11 is 0. The first kappa shape index (κ1) is 15.6. The summed E-state index contributed by atoms with van der Waals surface area (Å²) in [5.41, 5.74) is 3.32. The number of carbonyl (C=O) groups is 1. The van der Waals surface area contributed by atoms with Crippen LogP contribution in [-0.4, -0.2) is 20.9 Å². The molecule has 6 nitrogen and oxygen atoms in total. The molecule has 0 aliphatic carbocycles. The van der Waals surface area contributed by atoms with E-state index in [1.165, 1.54) is 11.9 Å². The van der Waals surface area contributed by atoms with E-state index in [1.807, 2.05) is 43.3 Å². The van der Waals surface area contributed by atoms with Crippen LogP contribution in [0.25, 0.3) is 0 Å². The number of aromatic nitrogens is 3. The molecule has 0 bridgehead atoms. The average Bonchev–Trinajstić information content (AvgIpc) is 2.63. The Morgan fingerprint density at radius 3 is 2.71 bits per heavy atom. The van der Waals surface area contributed by atoms with Gasteiger partial charge in [-0.15, -0.1) is 0 Å². The van der Waals surface area contributed by atoms with E-state index in [-0.39, 0.29) is 5.91 Å². The third kappa shape index (κ3) is 4.13. The number of nitrogens with one attached hydrogen (secondary N) is 2. The van der Waals surface area contributed by atoms with Crippen LogP contribution in [0.15, 0.2) is 61.2 Å². The molecular weight excluding hydrogens is 302 g/mol. The highest BCUT2D eigenvalue weighted by atomic mass is 16.1. The van der Waals surface area contributed by atoms with Crippen LogP contribution in [0.4, 0.5) is 11.5 Å². The number of anilines is 2. The number of hydrogen-bond donors (Lipinski definition) is 2. The quantitative estimate of drug-likeness (QED) is 0.756. The highest BCUT2D eigenvalue weighted by Gasteiger charge is 2.08. The molecule has 0 aliphatic heterocycles. The van der Waals surface area contributed by atoms with Gasteiger partial charge in [0.1, 0.15) is 17.8 Å². The summed E-state index contributed by atoms with van der Waals surface area (Å²) in [6, 6.07) is 13.3. The molecule has 0 fully saturated rings. The van der Waals surface area contributed by atoms with Crippen LogP contribution < -0.4 is 10.6 Å². The molecule has 24 heavy (non-hydrogen) atoms. The molecule has 3 rings (SSSR count). The SMILES string of the molecule is Cc1ccc(Nc2cc(C(=O)NCc3cccnc3)ncn2)cc1. The van der Waals surface area contributed by atoms with Crippen LogP contribution in [0.5, 0.6) is 0 Å². The summed E-state index contributed by atoms with van der Waals surface area (Å²) in [6.07, 6.45) is 4.78. The van der Waals surface area contributed by atoms with Crippen LogP contribution in [0.1, 0.15) is 21.6 Å². The van der Waals surface area contributed by atoms with Crippen molar-refractivity contribution < 1.29 is 4.79 Å². The van der Waals surface area contributed by atoms with Crippen molar-refractivity contribution in [2.45, 2.75) is 13.5 Å². The molecule has 3 aromatic rings. The monoisotopic (exact) mass is 319 g/mol. The lowest BCUT2D eigenvalue weighted by Gasteiger charge is -2.08. The summed E-state index contributed by atoms with van der Waals surface area (Å²) in [5.74, 6) is 0.314. The Balaban J connectivity index is 1.65.